The summed E-state index contributed by atoms with van der Waals surface area (Å²) in [5.41, 5.74) is 1.08. The summed E-state index contributed by atoms with van der Waals surface area (Å²) < 4.78 is 5.10. The molecule has 0 fully saturated rings. The Morgan fingerprint density at radius 2 is 2.35 bits per heavy atom. The molecular formula is C13H19N3O2S2. The van der Waals surface area contributed by atoms with Crippen molar-refractivity contribution in [2.45, 2.75) is 33.1 Å². The van der Waals surface area contributed by atoms with Gasteiger partial charge in [0.1, 0.15) is 0 Å². The van der Waals surface area contributed by atoms with Gasteiger partial charge in [0.05, 0.1) is 18.2 Å². The molecule has 110 valence electrons. The largest absolute Gasteiger partial charge is 0.466 e. The van der Waals surface area contributed by atoms with Crippen LogP contribution in [0.4, 0.5) is 5.13 Å². The van der Waals surface area contributed by atoms with E-state index in [1.165, 1.54) is 0 Å². The van der Waals surface area contributed by atoms with Gasteiger partial charge in [0.25, 0.3) is 0 Å². The number of thiocarbonyl (C=S) groups is 1. The average Bonchev–Trinajstić information content (AvgIpc) is 2.80. The normalized spacial score (nSPS) is 17.2. The summed E-state index contributed by atoms with van der Waals surface area (Å²) in [6, 6.07) is 0. The molecule has 2 N–H and O–H groups in total. The van der Waals surface area contributed by atoms with Crippen LogP contribution < -0.4 is 10.6 Å². The second-order valence-corrected chi connectivity index (χ2v) is 6.06. The molecule has 0 radical (unpaired) electrons. The number of nitrogens with zero attached hydrogens (tertiary/aromatic N) is 1. The van der Waals surface area contributed by atoms with Gasteiger partial charge in [0, 0.05) is 11.4 Å². The van der Waals surface area contributed by atoms with E-state index >= 15 is 0 Å². The highest BCUT2D eigenvalue weighted by molar-refractivity contribution is 7.80. The summed E-state index contributed by atoms with van der Waals surface area (Å²) in [7, 11) is 0. The maximum Gasteiger partial charge on any atom is 0.309 e. The van der Waals surface area contributed by atoms with Crippen LogP contribution in [0.1, 0.15) is 30.8 Å². The van der Waals surface area contributed by atoms with Gasteiger partial charge in [-0.15, -0.1) is 11.3 Å². The number of aromatic nitrogens is 1. The Bertz CT molecular complexity index is 502. The average molecular weight is 313 g/mol. The van der Waals surface area contributed by atoms with E-state index in [9.17, 15) is 4.79 Å². The topological polar surface area (TPSA) is 63.2 Å². The van der Waals surface area contributed by atoms with Crippen molar-refractivity contribution in [1.29, 1.82) is 0 Å². The second-order valence-electron chi connectivity index (χ2n) is 4.57. The van der Waals surface area contributed by atoms with Crippen LogP contribution in [-0.2, 0) is 22.4 Å². The lowest BCUT2D eigenvalue weighted by Crippen LogP contribution is -2.27. The van der Waals surface area contributed by atoms with Gasteiger partial charge in [-0.2, -0.15) is 0 Å². The number of anilines is 1. The molecule has 1 aromatic rings. The van der Waals surface area contributed by atoms with E-state index in [-0.39, 0.29) is 11.9 Å². The molecule has 2 rings (SSSR count). The molecule has 1 atom stereocenters. The number of rotatable bonds is 4. The number of carbonyl (C=O) groups is 1. The molecule has 0 aliphatic heterocycles. The van der Waals surface area contributed by atoms with Crippen molar-refractivity contribution in [2.24, 2.45) is 5.92 Å². The number of esters is 1. The molecule has 20 heavy (non-hydrogen) atoms. The van der Waals surface area contributed by atoms with Crippen LogP contribution in [0.2, 0.25) is 0 Å². The third-order valence-corrected chi connectivity index (χ3v) is 4.40. The molecular weight excluding hydrogens is 294 g/mol. The summed E-state index contributed by atoms with van der Waals surface area (Å²) >= 11 is 6.72. The first-order valence-corrected chi connectivity index (χ1v) is 8.06. The number of fused-ring (bicyclic) bond motifs is 1. The molecule has 0 saturated carbocycles. The molecule has 0 saturated heterocycles. The van der Waals surface area contributed by atoms with Gasteiger partial charge >= 0.3 is 5.97 Å². The quantitative estimate of drug-likeness (QED) is 0.656. The summed E-state index contributed by atoms with van der Waals surface area (Å²) in [4.78, 5) is 17.5. The number of aryl methyl sites for hydroxylation is 1. The Morgan fingerprint density at radius 1 is 1.55 bits per heavy atom. The Morgan fingerprint density at radius 3 is 3.05 bits per heavy atom. The van der Waals surface area contributed by atoms with E-state index in [0.29, 0.717) is 11.7 Å². The van der Waals surface area contributed by atoms with Crippen molar-refractivity contribution < 1.29 is 9.53 Å². The molecule has 7 heteroatoms. The van der Waals surface area contributed by atoms with Gasteiger partial charge in [-0.05, 0) is 45.3 Å². The van der Waals surface area contributed by atoms with Gasteiger partial charge in [-0.25, -0.2) is 4.98 Å². The van der Waals surface area contributed by atoms with E-state index < -0.39 is 0 Å². The van der Waals surface area contributed by atoms with Crippen molar-refractivity contribution in [3.05, 3.63) is 10.6 Å². The number of hydrogen-bond acceptors (Lipinski definition) is 5. The Hall–Kier alpha value is -1.21. The van der Waals surface area contributed by atoms with E-state index in [1.54, 1.807) is 11.3 Å². The van der Waals surface area contributed by atoms with Gasteiger partial charge in [-0.1, -0.05) is 0 Å². The van der Waals surface area contributed by atoms with Gasteiger partial charge in [0.15, 0.2) is 10.2 Å². The first-order valence-electron chi connectivity index (χ1n) is 6.84. The number of nitrogens with one attached hydrogen (secondary N) is 2. The number of carbonyl (C=O) groups excluding carboxylic acids is 1. The summed E-state index contributed by atoms with van der Waals surface area (Å²) in [6.07, 6.45) is 2.36. The number of hydrogen-bond donors (Lipinski definition) is 2. The maximum absolute atomic E-state index is 11.8. The van der Waals surface area contributed by atoms with Gasteiger partial charge in [0.2, 0.25) is 0 Å². The summed E-state index contributed by atoms with van der Waals surface area (Å²) in [5.74, 6) is -0.124. The van der Waals surface area contributed by atoms with Crippen molar-refractivity contribution in [3.8, 4) is 0 Å². The minimum atomic E-state index is -0.0933. The lowest BCUT2D eigenvalue weighted by molar-refractivity contribution is -0.148. The molecule has 0 amide bonds. The van der Waals surface area contributed by atoms with Crippen LogP contribution in [0.3, 0.4) is 0 Å². The van der Waals surface area contributed by atoms with Crippen LogP contribution in [0.15, 0.2) is 0 Å². The monoisotopic (exact) mass is 313 g/mol. The molecule has 0 bridgehead atoms. The van der Waals surface area contributed by atoms with Crippen molar-refractivity contribution in [1.82, 2.24) is 10.3 Å². The fraction of sp³-hybridized carbons (Fsp3) is 0.615. The van der Waals surface area contributed by atoms with Crippen LogP contribution in [0.25, 0.3) is 0 Å². The van der Waals surface area contributed by atoms with Crippen LogP contribution in [0.5, 0.6) is 0 Å². The predicted molar refractivity (Wildman–Crippen MR) is 84.2 cm³/mol. The zero-order chi connectivity index (χ0) is 14.5. The predicted octanol–water partition coefficient (Wildman–Crippen LogP) is 2.12. The SMILES string of the molecule is CCNC(=S)Nc1nc2c(s1)CC(C(=O)OCC)CC2. The molecule has 0 aromatic carbocycles. The van der Waals surface area contributed by atoms with Gasteiger partial charge in [-0.3, -0.25) is 4.79 Å². The third-order valence-electron chi connectivity index (χ3n) is 3.12. The Balaban J connectivity index is 2.00. The first-order chi connectivity index (χ1) is 9.63. The minimum absolute atomic E-state index is 0.0310. The molecule has 1 heterocycles. The molecule has 1 aromatic heterocycles. The number of ether oxygens (including phenoxy) is 1. The standard InChI is InChI=1S/C13H19N3O2S2/c1-3-14-12(19)16-13-15-9-6-5-8(7-10(9)20-13)11(17)18-4-2/h8H,3-7H2,1-2H3,(H2,14,15,16,19). The Kier molecular flexibility index (Phi) is 5.31. The Labute approximate surface area is 128 Å². The second kappa shape index (κ2) is 6.99. The lowest BCUT2D eigenvalue weighted by atomic mass is 9.91. The van der Waals surface area contributed by atoms with Crippen LogP contribution >= 0.6 is 23.6 Å². The van der Waals surface area contributed by atoms with Crippen LogP contribution in [-0.4, -0.2) is 29.2 Å². The molecule has 1 aliphatic rings. The van der Waals surface area contributed by atoms with E-state index in [2.05, 4.69) is 15.6 Å². The zero-order valence-electron chi connectivity index (χ0n) is 11.7. The molecule has 0 spiro atoms. The fourth-order valence-corrected chi connectivity index (χ4v) is 3.59. The number of thiazole rings is 1. The molecule has 1 aliphatic carbocycles. The summed E-state index contributed by atoms with van der Waals surface area (Å²) in [6.45, 7) is 5.05. The van der Waals surface area contributed by atoms with Crippen molar-refractivity contribution >= 4 is 39.8 Å². The first kappa shape index (κ1) is 15.2. The van der Waals surface area contributed by atoms with Crippen molar-refractivity contribution in [2.75, 3.05) is 18.5 Å². The fourth-order valence-electron chi connectivity index (χ4n) is 2.19. The molecule has 1 unspecified atom stereocenters. The van der Waals surface area contributed by atoms with Gasteiger partial charge < -0.3 is 15.4 Å². The smallest absolute Gasteiger partial charge is 0.309 e. The van der Waals surface area contributed by atoms with E-state index in [0.717, 1.165) is 41.5 Å². The lowest BCUT2D eigenvalue weighted by Gasteiger charge is -2.18. The van der Waals surface area contributed by atoms with Crippen LogP contribution in [0, 0.1) is 5.92 Å². The maximum atomic E-state index is 11.8. The highest BCUT2D eigenvalue weighted by atomic mass is 32.1. The summed E-state index contributed by atoms with van der Waals surface area (Å²) in [5, 5.41) is 7.49. The zero-order valence-corrected chi connectivity index (χ0v) is 13.3. The third kappa shape index (κ3) is 3.67. The highest BCUT2D eigenvalue weighted by Crippen LogP contribution is 2.32. The van der Waals surface area contributed by atoms with E-state index in [4.69, 9.17) is 17.0 Å². The highest BCUT2D eigenvalue weighted by Gasteiger charge is 2.28. The van der Waals surface area contributed by atoms with Crippen molar-refractivity contribution in [3.63, 3.8) is 0 Å². The minimum Gasteiger partial charge on any atom is -0.466 e. The molecule has 5 nitrogen and oxygen atoms in total. The van der Waals surface area contributed by atoms with E-state index in [1.807, 2.05) is 13.8 Å².